The SMILES string of the molecule is CNC(=O)[C@H](C)N(Cc1cccc(Cl)c1)C(=O)CN(c1cc(C)ccc1C)S(=O)(=O)c1ccc(C)cc1. The van der Waals surface area contributed by atoms with Gasteiger partial charge >= 0.3 is 0 Å². The summed E-state index contributed by atoms with van der Waals surface area (Å²) in [6, 6.07) is 18.1. The second kappa shape index (κ2) is 11.8. The van der Waals surface area contributed by atoms with Crippen LogP contribution in [-0.4, -0.2) is 44.8 Å². The van der Waals surface area contributed by atoms with Crippen LogP contribution in [0.3, 0.4) is 0 Å². The molecule has 0 aliphatic carbocycles. The van der Waals surface area contributed by atoms with E-state index >= 15 is 0 Å². The van der Waals surface area contributed by atoms with E-state index in [1.54, 1.807) is 56.3 Å². The molecule has 0 bridgehead atoms. The van der Waals surface area contributed by atoms with Gasteiger partial charge in [-0.2, -0.15) is 0 Å². The molecule has 0 unspecified atom stereocenters. The predicted molar refractivity (Wildman–Crippen MR) is 147 cm³/mol. The molecular formula is C28H32ClN3O4S. The van der Waals surface area contributed by atoms with Crippen molar-refractivity contribution in [2.75, 3.05) is 17.9 Å². The molecule has 0 heterocycles. The van der Waals surface area contributed by atoms with E-state index in [1.807, 2.05) is 26.0 Å². The Kier molecular flexibility index (Phi) is 8.99. The van der Waals surface area contributed by atoms with Crippen LogP contribution in [0.25, 0.3) is 0 Å². The summed E-state index contributed by atoms with van der Waals surface area (Å²) < 4.78 is 28.9. The first-order chi connectivity index (χ1) is 17.4. The van der Waals surface area contributed by atoms with Crippen LogP contribution in [0.2, 0.25) is 5.02 Å². The minimum atomic E-state index is -4.11. The van der Waals surface area contributed by atoms with E-state index in [9.17, 15) is 18.0 Å². The third kappa shape index (κ3) is 6.70. The molecule has 0 spiro atoms. The second-order valence-electron chi connectivity index (χ2n) is 9.06. The Morgan fingerprint density at radius 2 is 1.59 bits per heavy atom. The quantitative estimate of drug-likeness (QED) is 0.428. The molecule has 1 N–H and O–H groups in total. The summed E-state index contributed by atoms with van der Waals surface area (Å²) in [5.41, 5.74) is 3.60. The molecule has 3 rings (SSSR count). The number of likely N-dealkylation sites (N-methyl/N-ethyl adjacent to an activating group) is 1. The Balaban J connectivity index is 2.08. The third-order valence-corrected chi connectivity index (χ3v) is 8.19. The lowest BCUT2D eigenvalue weighted by Crippen LogP contribution is -2.50. The van der Waals surface area contributed by atoms with Crippen LogP contribution in [0.4, 0.5) is 5.69 Å². The monoisotopic (exact) mass is 541 g/mol. The van der Waals surface area contributed by atoms with Crippen LogP contribution >= 0.6 is 11.6 Å². The number of nitrogens with one attached hydrogen (secondary N) is 1. The predicted octanol–water partition coefficient (Wildman–Crippen LogP) is 4.62. The maximum absolute atomic E-state index is 13.9. The fourth-order valence-corrected chi connectivity index (χ4v) is 5.65. The number of hydrogen-bond acceptors (Lipinski definition) is 4. The zero-order chi connectivity index (χ0) is 27.3. The van der Waals surface area contributed by atoms with Gasteiger partial charge in [0.2, 0.25) is 11.8 Å². The first-order valence-electron chi connectivity index (χ1n) is 11.9. The van der Waals surface area contributed by atoms with Gasteiger partial charge in [0.15, 0.2) is 0 Å². The number of hydrogen-bond donors (Lipinski definition) is 1. The molecule has 37 heavy (non-hydrogen) atoms. The smallest absolute Gasteiger partial charge is 0.264 e. The highest BCUT2D eigenvalue weighted by molar-refractivity contribution is 7.92. The van der Waals surface area contributed by atoms with E-state index in [4.69, 9.17) is 11.6 Å². The van der Waals surface area contributed by atoms with E-state index in [0.29, 0.717) is 16.3 Å². The molecule has 1 atom stereocenters. The van der Waals surface area contributed by atoms with Gasteiger partial charge in [0.25, 0.3) is 10.0 Å². The van der Waals surface area contributed by atoms with Crippen molar-refractivity contribution in [2.45, 2.75) is 45.2 Å². The molecular weight excluding hydrogens is 510 g/mol. The van der Waals surface area contributed by atoms with Crippen molar-refractivity contribution in [3.63, 3.8) is 0 Å². The maximum atomic E-state index is 13.9. The summed E-state index contributed by atoms with van der Waals surface area (Å²) in [5.74, 6) is -0.886. The fourth-order valence-electron chi connectivity index (χ4n) is 3.96. The van der Waals surface area contributed by atoms with Crippen LogP contribution in [0.5, 0.6) is 0 Å². The van der Waals surface area contributed by atoms with Crippen LogP contribution in [0.15, 0.2) is 71.6 Å². The van der Waals surface area contributed by atoms with Crippen molar-refractivity contribution >= 4 is 39.1 Å². The summed E-state index contributed by atoms with van der Waals surface area (Å²) >= 11 is 6.14. The van der Waals surface area contributed by atoms with Crippen LogP contribution in [0.1, 0.15) is 29.2 Å². The van der Waals surface area contributed by atoms with Crippen molar-refractivity contribution in [3.05, 3.63) is 94.0 Å². The summed E-state index contributed by atoms with van der Waals surface area (Å²) in [7, 11) is -2.61. The van der Waals surface area contributed by atoms with Gasteiger partial charge < -0.3 is 10.2 Å². The third-order valence-electron chi connectivity index (χ3n) is 6.18. The first-order valence-corrected chi connectivity index (χ1v) is 13.7. The molecule has 196 valence electrons. The standard InChI is InChI=1S/C28H32ClN3O4S/c1-19-10-13-25(14-11-19)37(35,36)32(26-15-20(2)9-12-21(26)3)18-27(33)31(22(4)28(34)30-5)17-23-7-6-8-24(29)16-23/h6-16,22H,17-18H2,1-5H3,(H,30,34)/t22-/m0/s1. The fraction of sp³-hybridized carbons (Fsp3) is 0.286. The largest absolute Gasteiger partial charge is 0.357 e. The number of halogens is 1. The number of benzene rings is 3. The Morgan fingerprint density at radius 1 is 0.946 bits per heavy atom. The number of carbonyl (C=O) groups excluding carboxylic acids is 2. The summed E-state index contributed by atoms with van der Waals surface area (Å²) in [6.07, 6.45) is 0. The molecule has 0 fully saturated rings. The number of sulfonamides is 1. The number of amides is 2. The minimum absolute atomic E-state index is 0.0764. The Labute approximate surface area is 224 Å². The summed E-state index contributed by atoms with van der Waals surface area (Å²) in [4.78, 5) is 27.8. The first kappa shape index (κ1) is 28.2. The molecule has 3 aromatic rings. The van der Waals surface area contributed by atoms with E-state index in [2.05, 4.69) is 5.32 Å². The normalized spacial score (nSPS) is 12.1. The van der Waals surface area contributed by atoms with Gasteiger partial charge in [-0.3, -0.25) is 13.9 Å². The number of carbonyl (C=O) groups is 2. The van der Waals surface area contributed by atoms with E-state index in [-0.39, 0.29) is 17.3 Å². The number of anilines is 1. The minimum Gasteiger partial charge on any atom is -0.357 e. The molecule has 0 radical (unpaired) electrons. The van der Waals surface area contributed by atoms with Gasteiger partial charge in [-0.1, -0.05) is 53.6 Å². The van der Waals surface area contributed by atoms with Gasteiger partial charge in [0.05, 0.1) is 10.6 Å². The van der Waals surface area contributed by atoms with Crippen molar-refractivity contribution in [1.82, 2.24) is 10.2 Å². The van der Waals surface area contributed by atoms with Crippen molar-refractivity contribution < 1.29 is 18.0 Å². The van der Waals surface area contributed by atoms with Gasteiger partial charge in [0, 0.05) is 18.6 Å². The van der Waals surface area contributed by atoms with Crippen LogP contribution in [-0.2, 0) is 26.2 Å². The molecule has 3 aromatic carbocycles. The van der Waals surface area contributed by atoms with Gasteiger partial charge in [-0.25, -0.2) is 8.42 Å². The molecule has 0 saturated carbocycles. The average Bonchev–Trinajstić information content (AvgIpc) is 2.86. The van der Waals surface area contributed by atoms with E-state index in [1.165, 1.54) is 24.1 Å². The van der Waals surface area contributed by atoms with Crippen molar-refractivity contribution in [1.29, 1.82) is 0 Å². The molecule has 0 aliphatic heterocycles. The highest BCUT2D eigenvalue weighted by atomic mass is 35.5. The van der Waals surface area contributed by atoms with Gasteiger partial charge in [-0.05, 0) is 74.7 Å². The Bertz CT molecular complexity index is 1390. The van der Waals surface area contributed by atoms with Gasteiger partial charge in [-0.15, -0.1) is 0 Å². The lowest BCUT2D eigenvalue weighted by Gasteiger charge is -2.32. The highest BCUT2D eigenvalue weighted by Gasteiger charge is 2.33. The molecule has 0 saturated heterocycles. The van der Waals surface area contributed by atoms with E-state index in [0.717, 1.165) is 21.0 Å². The van der Waals surface area contributed by atoms with Crippen molar-refractivity contribution in [3.8, 4) is 0 Å². The van der Waals surface area contributed by atoms with Gasteiger partial charge in [0.1, 0.15) is 12.6 Å². The average molecular weight is 542 g/mol. The zero-order valence-electron chi connectivity index (χ0n) is 21.7. The second-order valence-corrected chi connectivity index (χ2v) is 11.4. The van der Waals surface area contributed by atoms with Crippen LogP contribution < -0.4 is 9.62 Å². The molecule has 9 heteroatoms. The number of rotatable bonds is 9. The van der Waals surface area contributed by atoms with Crippen molar-refractivity contribution in [2.24, 2.45) is 0 Å². The lowest BCUT2D eigenvalue weighted by atomic mass is 10.1. The molecule has 0 aliphatic rings. The topological polar surface area (TPSA) is 86.8 Å². The Hall–Kier alpha value is -3.36. The van der Waals surface area contributed by atoms with Crippen LogP contribution in [0, 0.1) is 20.8 Å². The highest BCUT2D eigenvalue weighted by Crippen LogP contribution is 2.29. The lowest BCUT2D eigenvalue weighted by molar-refractivity contribution is -0.139. The summed E-state index contributed by atoms with van der Waals surface area (Å²) in [6.45, 7) is 6.74. The number of nitrogens with zero attached hydrogens (tertiary/aromatic N) is 2. The zero-order valence-corrected chi connectivity index (χ0v) is 23.2. The van der Waals surface area contributed by atoms with E-state index < -0.39 is 28.5 Å². The summed E-state index contributed by atoms with van der Waals surface area (Å²) in [5, 5.41) is 3.07. The maximum Gasteiger partial charge on any atom is 0.264 e. The molecule has 7 nitrogen and oxygen atoms in total. The molecule has 0 aromatic heterocycles. The number of aryl methyl sites for hydroxylation is 3. The Morgan fingerprint density at radius 3 is 2.22 bits per heavy atom. The molecule has 2 amide bonds.